The van der Waals surface area contributed by atoms with E-state index in [0.29, 0.717) is 12.1 Å². The highest BCUT2D eigenvalue weighted by atomic mass is 16.5. The molecule has 1 N–H and O–H groups in total. The van der Waals surface area contributed by atoms with Gasteiger partial charge in [-0.05, 0) is 24.7 Å². The highest BCUT2D eigenvalue weighted by Gasteiger charge is 2.31. The van der Waals surface area contributed by atoms with E-state index in [4.69, 9.17) is 4.74 Å². The molecule has 0 bridgehead atoms. The van der Waals surface area contributed by atoms with E-state index in [1.54, 1.807) is 0 Å². The van der Waals surface area contributed by atoms with Gasteiger partial charge in [-0.25, -0.2) is 0 Å². The number of morpholine rings is 1. The predicted molar refractivity (Wildman–Crippen MR) is 89.0 cm³/mol. The first-order chi connectivity index (χ1) is 9.99. The van der Waals surface area contributed by atoms with Crippen molar-refractivity contribution in [3.63, 3.8) is 0 Å². The van der Waals surface area contributed by atoms with Crippen LogP contribution in [0.15, 0.2) is 24.3 Å². The molecule has 2 rings (SSSR count). The lowest BCUT2D eigenvalue weighted by atomic mass is 9.97. The lowest BCUT2D eigenvalue weighted by molar-refractivity contribution is -0.0620. The van der Waals surface area contributed by atoms with Crippen LogP contribution in [0.4, 0.5) is 5.69 Å². The van der Waals surface area contributed by atoms with Crippen LogP contribution in [-0.4, -0.2) is 57.9 Å². The SMILES string of the molecule is CC(C)NCC1OCCN(C)C1c1ccc(N(C)C)cc1. The number of nitrogens with one attached hydrogen (secondary N) is 1. The maximum absolute atomic E-state index is 6.03. The molecule has 0 radical (unpaired) electrons. The van der Waals surface area contributed by atoms with Gasteiger partial charge in [-0.15, -0.1) is 0 Å². The summed E-state index contributed by atoms with van der Waals surface area (Å²) in [6, 6.07) is 9.63. The van der Waals surface area contributed by atoms with Crippen LogP contribution in [0.2, 0.25) is 0 Å². The first-order valence-electron chi connectivity index (χ1n) is 7.81. The van der Waals surface area contributed by atoms with Crippen molar-refractivity contribution in [1.82, 2.24) is 10.2 Å². The fraction of sp³-hybridized carbons (Fsp3) is 0.647. The third kappa shape index (κ3) is 4.19. The molecule has 2 unspecified atom stereocenters. The molecule has 0 spiro atoms. The molecule has 1 aromatic carbocycles. The second-order valence-electron chi connectivity index (χ2n) is 6.38. The summed E-state index contributed by atoms with van der Waals surface area (Å²) < 4.78 is 6.03. The lowest BCUT2D eigenvalue weighted by Gasteiger charge is -2.40. The Kier molecular flexibility index (Phi) is 5.62. The van der Waals surface area contributed by atoms with Crippen LogP contribution in [0, 0.1) is 0 Å². The molecule has 1 fully saturated rings. The number of hydrogen-bond acceptors (Lipinski definition) is 4. The Morgan fingerprint density at radius 1 is 1.29 bits per heavy atom. The van der Waals surface area contributed by atoms with Gasteiger partial charge in [-0.1, -0.05) is 26.0 Å². The Hall–Kier alpha value is -1.10. The van der Waals surface area contributed by atoms with E-state index in [1.165, 1.54) is 11.3 Å². The summed E-state index contributed by atoms with van der Waals surface area (Å²) in [5, 5.41) is 3.51. The lowest BCUT2D eigenvalue weighted by Crippen LogP contribution is -2.48. The number of likely N-dealkylation sites (N-methyl/N-ethyl adjacent to an activating group) is 1. The van der Waals surface area contributed by atoms with Crippen LogP contribution in [0.3, 0.4) is 0 Å². The Balaban J connectivity index is 2.14. The topological polar surface area (TPSA) is 27.7 Å². The first-order valence-corrected chi connectivity index (χ1v) is 7.81. The van der Waals surface area contributed by atoms with Crippen LogP contribution in [0.1, 0.15) is 25.5 Å². The molecule has 1 aliphatic rings. The van der Waals surface area contributed by atoms with E-state index in [1.807, 2.05) is 0 Å². The number of anilines is 1. The summed E-state index contributed by atoms with van der Waals surface area (Å²) in [6.07, 6.45) is 0.205. The number of benzene rings is 1. The molecule has 1 saturated heterocycles. The minimum atomic E-state index is 0.205. The van der Waals surface area contributed by atoms with E-state index in [9.17, 15) is 0 Å². The minimum Gasteiger partial charge on any atom is -0.378 e. The van der Waals surface area contributed by atoms with Gasteiger partial charge in [0.15, 0.2) is 0 Å². The molecule has 0 amide bonds. The molecule has 0 aromatic heterocycles. The van der Waals surface area contributed by atoms with Crippen molar-refractivity contribution in [2.45, 2.75) is 32.0 Å². The Bertz CT molecular complexity index is 430. The third-order valence-corrected chi connectivity index (χ3v) is 4.08. The van der Waals surface area contributed by atoms with Crippen molar-refractivity contribution in [1.29, 1.82) is 0 Å². The zero-order valence-corrected chi connectivity index (χ0v) is 14.0. The van der Waals surface area contributed by atoms with Crippen molar-refractivity contribution in [3.8, 4) is 0 Å². The van der Waals surface area contributed by atoms with Crippen LogP contribution in [0.25, 0.3) is 0 Å². The summed E-state index contributed by atoms with van der Waals surface area (Å²) in [7, 11) is 6.33. The van der Waals surface area contributed by atoms with E-state index in [2.05, 4.69) is 74.4 Å². The van der Waals surface area contributed by atoms with E-state index in [-0.39, 0.29) is 6.10 Å². The van der Waals surface area contributed by atoms with Crippen LogP contribution in [0.5, 0.6) is 0 Å². The summed E-state index contributed by atoms with van der Waals surface area (Å²) in [4.78, 5) is 4.53. The summed E-state index contributed by atoms with van der Waals surface area (Å²) in [5.74, 6) is 0. The van der Waals surface area contributed by atoms with Gasteiger partial charge in [0.05, 0.1) is 18.8 Å². The van der Waals surface area contributed by atoms with Gasteiger partial charge in [-0.3, -0.25) is 4.90 Å². The Labute approximate surface area is 129 Å². The van der Waals surface area contributed by atoms with Gasteiger partial charge in [0.2, 0.25) is 0 Å². The fourth-order valence-corrected chi connectivity index (χ4v) is 2.82. The predicted octanol–water partition coefficient (Wildman–Crippen LogP) is 2.12. The Morgan fingerprint density at radius 2 is 1.95 bits per heavy atom. The number of nitrogens with zero attached hydrogens (tertiary/aromatic N) is 2. The third-order valence-electron chi connectivity index (χ3n) is 4.08. The first kappa shape index (κ1) is 16.3. The van der Waals surface area contributed by atoms with Gasteiger partial charge in [0.25, 0.3) is 0 Å². The van der Waals surface area contributed by atoms with E-state index in [0.717, 1.165) is 19.7 Å². The molecule has 1 heterocycles. The van der Waals surface area contributed by atoms with Gasteiger partial charge < -0.3 is 15.0 Å². The van der Waals surface area contributed by atoms with Crippen LogP contribution in [-0.2, 0) is 4.74 Å². The van der Waals surface area contributed by atoms with Crippen molar-refractivity contribution >= 4 is 5.69 Å². The molecule has 2 atom stereocenters. The monoisotopic (exact) mass is 291 g/mol. The van der Waals surface area contributed by atoms with E-state index >= 15 is 0 Å². The maximum atomic E-state index is 6.03. The smallest absolute Gasteiger partial charge is 0.0896 e. The molecule has 0 saturated carbocycles. The van der Waals surface area contributed by atoms with E-state index < -0.39 is 0 Å². The number of rotatable bonds is 5. The van der Waals surface area contributed by atoms with Crippen molar-refractivity contribution in [2.24, 2.45) is 0 Å². The molecule has 4 nitrogen and oxygen atoms in total. The normalized spacial score (nSPS) is 23.5. The largest absolute Gasteiger partial charge is 0.378 e. The zero-order valence-electron chi connectivity index (χ0n) is 14.0. The maximum Gasteiger partial charge on any atom is 0.0896 e. The van der Waals surface area contributed by atoms with Gasteiger partial charge in [0, 0.05) is 38.9 Å². The second-order valence-corrected chi connectivity index (χ2v) is 6.38. The zero-order chi connectivity index (χ0) is 15.4. The standard InChI is InChI=1S/C17H29N3O/c1-13(2)18-12-16-17(20(5)10-11-21-16)14-6-8-15(9-7-14)19(3)4/h6-9,13,16-18H,10-12H2,1-5H3. The quantitative estimate of drug-likeness (QED) is 0.899. The molecule has 1 aliphatic heterocycles. The second kappa shape index (κ2) is 7.25. The molecular formula is C17H29N3O. The minimum absolute atomic E-state index is 0.205. The summed E-state index contributed by atoms with van der Waals surface area (Å²) >= 11 is 0. The molecule has 118 valence electrons. The molecule has 0 aliphatic carbocycles. The molecule has 1 aromatic rings. The van der Waals surface area contributed by atoms with Crippen molar-refractivity contribution < 1.29 is 4.74 Å². The van der Waals surface area contributed by atoms with Crippen molar-refractivity contribution in [2.75, 3.05) is 45.7 Å². The molecular weight excluding hydrogens is 262 g/mol. The number of ether oxygens (including phenoxy) is 1. The van der Waals surface area contributed by atoms with Gasteiger partial charge in [-0.2, -0.15) is 0 Å². The molecule has 4 heteroatoms. The van der Waals surface area contributed by atoms with Gasteiger partial charge in [0.1, 0.15) is 0 Å². The van der Waals surface area contributed by atoms with Crippen LogP contribution >= 0.6 is 0 Å². The van der Waals surface area contributed by atoms with Crippen LogP contribution < -0.4 is 10.2 Å². The summed E-state index contributed by atoms with van der Waals surface area (Å²) in [5.41, 5.74) is 2.56. The average molecular weight is 291 g/mol. The average Bonchev–Trinajstić information content (AvgIpc) is 2.45. The van der Waals surface area contributed by atoms with Gasteiger partial charge >= 0.3 is 0 Å². The van der Waals surface area contributed by atoms with Crippen molar-refractivity contribution in [3.05, 3.63) is 29.8 Å². The highest BCUT2D eigenvalue weighted by Crippen LogP contribution is 2.29. The summed E-state index contributed by atoms with van der Waals surface area (Å²) in [6.45, 7) is 7.04. The Morgan fingerprint density at radius 3 is 2.52 bits per heavy atom. The fourth-order valence-electron chi connectivity index (χ4n) is 2.82. The highest BCUT2D eigenvalue weighted by molar-refractivity contribution is 5.46. The molecule has 21 heavy (non-hydrogen) atoms. The number of hydrogen-bond donors (Lipinski definition) is 1.